The van der Waals surface area contributed by atoms with Crippen LogP contribution in [0.15, 0.2) is 24.3 Å². The van der Waals surface area contributed by atoms with Crippen molar-refractivity contribution in [2.75, 3.05) is 25.9 Å². The van der Waals surface area contributed by atoms with E-state index >= 15 is 0 Å². The fourth-order valence-electron chi connectivity index (χ4n) is 1.89. The van der Waals surface area contributed by atoms with Crippen LogP contribution in [0.2, 0.25) is 0 Å². The van der Waals surface area contributed by atoms with Crippen molar-refractivity contribution >= 4 is 11.7 Å². The van der Waals surface area contributed by atoms with Crippen molar-refractivity contribution in [2.24, 2.45) is 0 Å². The average molecular weight is 250 g/mol. The maximum Gasteiger partial charge on any atom is 0.306 e. The molecule has 0 aromatic heterocycles. The Hall–Kier alpha value is -1.55. The molecule has 100 valence electrons. The summed E-state index contributed by atoms with van der Waals surface area (Å²) in [6.45, 7) is 4.63. The standard InChI is InChI=1S/C14H22N2O2/c1-3-8-16(9-7-14(17)18-2)11-12-5-4-6-13(15)10-12/h4-6,10H,3,7-9,11,15H2,1-2H3. The zero-order valence-electron chi connectivity index (χ0n) is 11.2. The second-order valence-corrected chi connectivity index (χ2v) is 4.35. The maximum absolute atomic E-state index is 11.2. The van der Waals surface area contributed by atoms with E-state index in [4.69, 9.17) is 5.73 Å². The summed E-state index contributed by atoms with van der Waals surface area (Å²) in [5.41, 5.74) is 7.71. The van der Waals surface area contributed by atoms with Crippen molar-refractivity contribution in [3.05, 3.63) is 29.8 Å². The summed E-state index contributed by atoms with van der Waals surface area (Å²) >= 11 is 0. The van der Waals surface area contributed by atoms with Gasteiger partial charge in [0.2, 0.25) is 0 Å². The first-order chi connectivity index (χ1) is 8.65. The van der Waals surface area contributed by atoms with Crippen LogP contribution in [0.4, 0.5) is 5.69 Å². The average Bonchev–Trinajstić information content (AvgIpc) is 2.36. The van der Waals surface area contributed by atoms with Gasteiger partial charge in [0.15, 0.2) is 0 Å². The van der Waals surface area contributed by atoms with Gasteiger partial charge in [-0.1, -0.05) is 19.1 Å². The van der Waals surface area contributed by atoms with Gasteiger partial charge in [0.25, 0.3) is 0 Å². The molecule has 0 heterocycles. The number of benzene rings is 1. The summed E-state index contributed by atoms with van der Waals surface area (Å²) in [5.74, 6) is -0.163. The molecule has 4 heteroatoms. The highest BCUT2D eigenvalue weighted by Crippen LogP contribution is 2.10. The number of hydrogen-bond acceptors (Lipinski definition) is 4. The Balaban J connectivity index is 2.54. The first kappa shape index (κ1) is 14.5. The van der Waals surface area contributed by atoms with Gasteiger partial charge in [-0.25, -0.2) is 0 Å². The minimum absolute atomic E-state index is 0.163. The summed E-state index contributed by atoms with van der Waals surface area (Å²) in [6.07, 6.45) is 1.49. The zero-order valence-corrected chi connectivity index (χ0v) is 11.2. The number of esters is 1. The molecular formula is C14H22N2O2. The van der Waals surface area contributed by atoms with E-state index in [1.165, 1.54) is 12.7 Å². The fraction of sp³-hybridized carbons (Fsp3) is 0.500. The molecule has 0 aliphatic carbocycles. The van der Waals surface area contributed by atoms with E-state index in [-0.39, 0.29) is 5.97 Å². The van der Waals surface area contributed by atoms with Gasteiger partial charge in [-0.15, -0.1) is 0 Å². The van der Waals surface area contributed by atoms with E-state index in [0.29, 0.717) is 6.42 Å². The van der Waals surface area contributed by atoms with Gasteiger partial charge in [0, 0.05) is 18.8 Å². The van der Waals surface area contributed by atoms with Crippen molar-refractivity contribution in [3.63, 3.8) is 0 Å². The van der Waals surface area contributed by atoms with E-state index in [9.17, 15) is 4.79 Å². The number of nitrogens with zero attached hydrogens (tertiary/aromatic N) is 1. The number of nitrogens with two attached hydrogens (primary N) is 1. The van der Waals surface area contributed by atoms with Crippen molar-refractivity contribution in [3.8, 4) is 0 Å². The number of hydrogen-bond donors (Lipinski definition) is 1. The van der Waals surface area contributed by atoms with Crippen molar-refractivity contribution in [1.82, 2.24) is 4.90 Å². The Morgan fingerprint density at radius 1 is 1.39 bits per heavy atom. The molecule has 0 atom stereocenters. The molecule has 0 fully saturated rings. The van der Waals surface area contributed by atoms with Crippen molar-refractivity contribution in [2.45, 2.75) is 26.3 Å². The summed E-state index contributed by atoms with van der Waals surface area (Å²) < 4.78 is 4.66. The molecule has 1 aromatic carbocycles. The first-order valence-electron chi connectivity index (χ1n) is 6.29. The largest absolute Gasteiger partial charge is 0.469 e. The summed E-state index contributed by atoms with van der Waals surface area (Å²) in [6, 6.07) is 7.86. The molecule has 0 unspecified atom stereocenters. The summed E-state index contributed by atoms with van der Waals surface area (Å²) in [7, 11) is 1.42. The lowest BCUT2D eigenvalue weighted by Gasteiger charge is -2.21. The molecule has 0 bridgehead atoms. The van der Waals surface area contributed by atoms with Gasteiger partial charge in [0.05, 0.1) is 13.5 Å². The quantitative estimate of drug-likeness (QED) is 0.594. The molecule has 18 heavy (non-hydrogen) atoms. The number of anilines is 1. The molecule has 0 aliphatic heterocycles. The number of rotatable bonds is 7. The Morgan fingerprint density at radius 2 is 2.17 bits per heavy atom. The number of nitrogen functional groups attached to an aromatic ring is 1. The predicted molar refractivity (Wildman–Crippen MR) is 73.1 cm³/mol. The molecular weight excluding hydrogens is 228 g/mol. The predicted octanol–water partition coefficient (Wildman–Crippen LogP) is 2.04. The van der Waals surface area contributed by atoms with Crippen LogP contribution >= 0.6 is 0 Å². The minimum Gasteiger partial charge on any atom is -0.469 e. The third-order valence-electron chi connectivity index (χ3n) is 2.76. The van der Waals surface area contributed by atoms with Crippen LogP contribution in [0, 0.1) is 0 Å². The van der Waals surface area contributed by atoms with E-state index in [1.807, 2.05) is 18.2 Å². The SMILES string of the molecule is CCCN(CCC(=O)OC)Cc1cccc(N)c1. The van der Waals surface area contributed by atoms with Crippen LogP contribution in [0.3, 0.4) is 0 Å². The molecule has 0 spiro atoms. The third kappa shape index (κ3) is 5.19. The first-order valence-corrected chi connectivity index (χ1v) is 6.29. The van der Waals surface area contributed by atoms with Crippen LogP contribution < -0.4 is 5.73 Å². The van der Waals surface area contributed by atoms with Crippen LogP contribution in [0.5, 0.6) is 0 Å². The Morgan fingerprint density at radius 3 is 2.78 bits per heavy atom. The Kier molecular flexibility index (Phi) is 6.22. The topological polar surface area (TPSA) is 55.6 Å². The minimum atomic E-state index is -0.163. The molecule has 0 saturated heterocycles. The lowest BCUT2D eigenvalue weighted by atomic mass is 10.2. The molecule has 2 N–H and O–H groups in total. The molecule has 0 amide bonds. The highest BCUT2D eigenvalue weighted by Gasteiger charge is 2.08. The highest BCUT2D eigenvalue weighted by atomic mass is 16.5. The third-order valence-corrected chi connectivity index (χ3v) is 2.76. The number of carbonyl (C=O) groups excluding carboxylic acids is 1. The van der Waals surface area contributed by atoms with Gasteiger partial charge < -0.3 is 10.5 Å². The lowest BCUT2D eigenvalue weighted by Crippen LogP contribution is -2.27. The van der Waals surface area contributed by atoms with Gasteiger partial charge >= 0.3 is 5.97 Å². The van der Waals surface area contributed by atoms with Gasteiger partial charge in [-0.3, -0.25) is 9.69 Å². The van der Waals surface area contributed by atoms with E-state index in [0.717, 1.165) is 31.7 Å². The smallest absolute Gasteiger partial charge is 0.306 e. The molecule has 0 aliphatic rings. The van der Waals surface area contributed by atoms with E-state index < -0.39 is 0 Å². The normalized spacial score (nSPS) is 10.6. The highest BCUT2D eigenvalue weighted by molar-refractivity contribution is 5.69. The number of methoxy groups -OCH3 is 1. The van der Waals surface area contributed by atoms with Crippen LogP contribution in [0.1, 0.15) is 25.3 Å². The molecule has 0 radical (unpaired) electrons. The fourth-order valence-corrected chi connectivity index (χ4v) is 1.89. The summed E-state index contributed by atoms with van der Waals surface area (Å²) in [5, 5.41) is 0. The molecule has 0 saturated carbocycles. The van der Waals surface area contributed by atoms with Crippen LogP contribution in [0.25, 0.3) is 0 Å². The Labute approximate surface area is 109 Å². The van der Waals surface area contributed by atoms with E-state index in [1.54, 1.807) is 0 Å². The lowest BCUT2D eigenvalue weighted by molar-refractivity contribution is -0.141. The van der Waals surface area contributed by atoms with Crippen molar-refractivity contribution in [1.29, 1.82) is 0 Å². The maximum atomic E-state index is 11.2. The number of ether oxygens (including phenoxy) is 1. The zero-order chi connectivity index (χ0) is 13.4. The molecule has 4 nitrogen and oxygen atoms in total. The monoisotopic (exact) mass is 250 g/mol. The Bertz CT molecular complexity index is 380. The van der Waals surface area contributed by atoms with Gasteiger partial charge in [0.1, 0.15) is 0 Å². The molecule has 1 rings (SSSR count). The van der Waals surface area contributed by atoms with Crippen LogP contribution in [-0.2, 0) is 16.1 Å². The van der Waals surface area contributed by atoms with Crippen LogP contribution in [-0.4, -0.2) is 31.1 Å². The van der Waals surface area contributed by atoms with Gasteiger partial charge in [-0.05, 0) is 30.7 Å². The number of carbonyl (C=O) groups is 1. The summed E-state index contributed by atoms with van der Waals surface area (Å²) in [4.78, 5) is 13.4. The van der Waals surface area contributed by atoms with E-state index in [2.05, 4.69) is 22.6 Å². The van der Waals surface area contributed by atoms with Crippen molar-refractivity contribution < 1.29 is 9.53 Å². The second kappa shape index (κ2) is 7.71. The molecule has 1 aromatic rings. The van der Waals surface area contributed by atoms with Gasteiger partial charge in [-0.2, -0.15) is 0 Å². The second-order valence-electron chi connectivity index (χ2n) is 4.35.